The zero-order valence-electron chi connectivity index (χ0n) is 14.3. The standard InChI is InChI=1S/C21H21ClO3S/c22-18-13-19(23)17(11-9-14-5-2-1-3-6-14)16(18)8-4-7-15-10-12-20(26-15)21(24)25/h1-3,5-6,10,12,16-19,23H,4,7-8,13H2,(H,24,25)/t16-,17?,18-,19?/m1/s1. The Hall–Kier alpha value is -1.80. The molecule has 0 bridgehead atoms. The first-order valence-corrected chi connectivity index (χ1v) is 10.0. The number of carboxylic acids is 1. The summed E-state index contributed by atoms with van der Waals surface area (Å²) in [6.45, 7) is 0. The zero-order valence-corrected chi connectivity index (χ0v) is 15.8. The fraction of sp³-hybridized carbons (Fsp3) is 0.381. The molecule has 1 aliphatic carbocycles. The van der Waals surface area contributed by atoms with E-state index in [-0.39, 0.29) is 17.2 Å². The number of aliphatic hydroxyl groups excluding tert-OH is 1. The average molecular weight is 389 g/mol. The number of halogens is 1. The van der Waals surface area contributed by atoms with Crippen LogP contribution in [0.15, 0.2) is 42.5 Å². The summed E-state index contributed by atoms with van der Waals surface area (Å²) in [6.07, 6.45) is 2.69. The third kappa shape index (κ3) is 4.67. The SMILES string of the molecule is O=C(O)c1ccc(CCC[C@@H]2C(C#Cc3ccccc3)C(O)C[C@H]2Cl)s1. The second-order valence-corrected chi connectivity index (χ2v) is 8.34. The van der Waals surface area contributed by atoms with Gasteiger partial charge in [0.2, 0.25) is 0 Å². The minimum Gasteiger partial charge on any atom is -0.477 e. The van der Waals surface area contributed by atoms with Crippen LogP contribution < -0.4 is 0 Å². The highest BCUT2D eigenvalue weighted by Crippen LogP contribution is 2.39. The number of aliphatic hydroxyl groups is 1. The van der Waals surface area contributed by atoms with Gasteiger partial charge in [0.1, 0.15) is 4.88 Å². The molecule has 1 saturated carbocycles. The highest BCUT2D eigenvalue weighted by molar-refractivity contribution is 7.13. The van der Waals surface area contributed by atoms with Crippen molar-refractivity contribution in [2.75, 3.05) is 0 Å². The number of thiophene rings is 1. The predicted octanol–water partition coefficient (Wildman–Crippen LogP) is 4.43. The van der Waals surface area contributed by atoms with Crippen LogP contribution in [-0.4, -0.2) is 27.7 Å². The molecule has 0 amide bonds. The van der Waals surface area contributed by atoms with Crippen LogP contribution in [0.25, 0.3) is 0 Å². The molecule has 1 heterocycles. The van der Waals surface area contributed by atoms with E-state index in [1.165, 1.54) is 11.3 Å². The third-order valence-electron chi connectivity index (χ3n) is 4.80. The van der Waals surface area contributed by atoms with Crippen LogP contribution in [0.2, 0.25) is 0 Å². The molecule has 0 radical (unpaired) electrons. The van der Waals surface area contributed by atoms with Gasteiger partial charge < -0.3 is 10.2 Å². The molecule has 3 rings (SSSR count). The summed E-state index contributed by atoms with van der Waals surface area (Å²) in [7, 11) is 0. The lowest BCUT2D eigenvalue weighted by Gasteiger charge is -2.18. The van der Waals surface area contributed by atoms with Gasteiger partial charge in [-0.15, -0.1) is 22.9 Å². The molecule has 0 spiro atoms. The van der Waals surface area contributed by atoms with Crippen LogP contribution >= 0.6 is 22.9 Å². The fourth-order valence-electron chi connectivity index (χ4n) is 3.45. The van der Waals surface area contributed by atoms with Crippen molar-refractivity contribution in [2.24, 2.45) is 11.8 Å². The summed E-state index contributed by atoms with van der Waals surface area (Å²) < 4.78 is 0. The number of hydrogen-bond donors (Lipinski definition) is 2. The minimum atomic E-state index is -0.878. The second kappa shape index (κ2) is 8.73. The molecular weight excluding hydrogens is 368 g/mol. The molecule has 2 unspecified atom stereocenters. The van der Waals surface area contributed by atoms with Crippen molar-refractivity contribution < 1.29 is 15.0 Å². The lowest BCUT2D eigenvalue weighted by atomic mass is 9.90. The number of aromatic carboxylic acids is 1. The first-order valence-electron chi connectivity index (χ1n) is 8.75. The molecule has 2 aromatic rings. The van der Waals surface area contributed by atoms with E-state index in [4.69, 9.17) is 16.7 Å². The molecule has 136 valence electrons. The van der Waals surface area contributed by atoms with Gasteiger partial charge in [0, 0.05) is 15.8 Å². The summed E-state index contributed by atoms with van der Waals surface area (Å²) >= 11 is 7.80. The van der Waals surface area contributed by atoms with Crippen LogP contribution in [0, 0.1) is 23.7 Å². The number of carbonyl (C=O) groups is 1. The Morgan fingerprint density at radius 3 is 2.69 bits per heavy atom. The number of rotatable bonds is 5. The van der Waals surface area contributed by atoms with Gasteiger partial charge in [-0.2, -0.15) is 0 Å². The Balaban J connectivity index is 1.61. The quantitative estimate of drug-likeness (QED) is 0.588. The molecule has 1 fully saturated rings. The Bertz CT molecular complexity index is 805. The van der Waals surface area contributed by atoms with Crippen molar-refractivity contribution in [3.05, 3.63) is 57.8 Å². The fourth-order valence-corrected chi connectivity index (χ4v) is 4.81. The van der Waals surface area contributed by atoms with Crippen molar-refractivity contribution in [1.29, 1.82) is 0 Å². The van der Waals surface area contributed by atoms with Gasteiger partial charge in [-0.3, -0.25) is 0 Å². The molecule has 1 aliphatic rings. The normalized spacial score (nSPS) is 24.8. The van der Waals surface area contributed by atoms with E-state index in [0.717, 1.165) is 29.7 Å². The number of carboxylic acid groups (broad SMARTS) is 1. The minimum absolute atomic E-state index is 0.0713. The molecule has 5 heteroatoms. The van der Waals surface area contributed by atoms with Gasteiger partial charge in [0.15, 0.2) is 0 Å². The summed E-state index contributed by atoms with van der Waals surface area (Å²) in [4.78, 5) is 12.4. The van der Waals surface area contributed by atoms with Crippen molar-refractivity contribution in [1.82, 2.24) is 0 Å². The summed E-state index contributed by atoms with van der Waals surface area (Å²) in [5.74, 6) is 5.56. The van der Waals surface area contributed by atoms with Crippen molar-refractivity contribution in [3.8, 4) is 11.8 Å². The van der Waals surface area contributed by atoms with E-state index in [0.29, 0.717) is 11.3 Å². The first kappa shape index (κ1) is 19.0. The predicted molar refractivity (Wildman–Crippen MR) is 105 cm³/mol. The maximum atomic E-state index is 11.0. The van der Waals surface area contributed by atoms with E-state index < -0.39 is 12.1 Å². The summed E-state index contributed by atoms with van der Waals surface area (Å²) in [5, 5.41) is 19.3. The van der Waals surface area contributed by atoms with Gasteiger partial charge >= 0.3 is 5.97 Å². The van der Waals surface area contributed by atoms with Gasteiger partial charge in [-0.05, 0) is 55.9 Å². The average Bonchev–Trinajstić information content (AvgIpc) is 3.19. The van der Waals surface area contributed by atoms with Crippen molar-refractivity contribution in [3.63, 3.8) is 0 Å². The van der Waals surface area contributed by atoms with Crippen LogP contribution in [0.4, 0.5) is 0 Å². The Morgan fingerprint density at radius 1 is 1.23 bits per heavy atom. The van der Waals surface area contributed by atoms with Crippen molar-refractivity contribution >= 4 is 28.9 Å². The summed E-state index contributed by atoms with van der Waals surface area (Å²) in [6, 6.07) is 13.3. The third-order valence-corrected chi connectivity index (χ3v) is 6.43. The topological polar surface area (TPSA) is 57.5 Å². The van der Waals surface area contributed by atoms with Crippen LogP contribution in [0.1, 0.15) is 39.4 Å². The maximum absolute atomic E-state index is 11.0. The van der Waals surface area contributed by atoms with E-state index in [1.807, 2.05) is 36.4 Å². The van der Waals surface area contributed by atoms with Gasteiger partial charge in [0.25, 0.3) is 0 Å². The van der Waals surface area contributed by atoms with E-state index in [1.54, 1.807) is 6.07 Å². The Morgan fingerprint density at radius 2 is 2.00 bits per heavy atom. The molecule has 26 heavy (non-hydrogen) atoms. The Kier molecular flexibility index (Phi) is 6.37. The molecule has 3 nitrogen and oxygen atoms in total. The maximum Gasteiger partial charge on any atom is 0.345 e. The van der Waals surface area contributed by atoms with Crippen LogP contribution in [0.5, 0.6) is 0 Å². The van der Waals surface area contributed by atoms with Gasteiger partial charge in [-0.1, -0.05) is 30.0 Å². The zero-order chi connectivity index (χ0) is 18.5. The molecule has 0 aliphatic heterocycles. The number of benzene rings is 1. The summed E-state index contributed by atoms with van der Waals surface area (Å²) in [5.41, 5.74) is 0.941. The highest BCUT2D eigenvalue weighted by atomic mass is 35.5. The van der Waals surface area contributed by atoms with Gasteiger partial charge in [0.05, 0.1) is 12.0 Å². The smallest absolute Gasteiger partial charge is 0.345 e. The molecule has 0 saturated heterocycles. The van der Waals surface area contributed by atoms with E-state index in [9.17, 15) is 9.90 Å². The lowest BCUT2D eigenvalue weighted by Crippen LogP contribution is -2.19. The Labute approximate surface area is 162 Å². The van der Waals surface area contributed by atoms with E-state index >= 15 is 0 Å². The second-order valence-electron chi connectivity index (χ2n) is 6.61. The van der Waals surface area contributed by atoms with Gasteiger partial charge in [-0.25, -0.2) is 4.79 Å². The highest BCUT2D eigenvalue weighted by Gasteiger charge is 2.40. The monoisotopic (exact) mass is 388 g/mol. The molecule has 2 N–H and O–H groups in total. The molecular formula is C21H21ClO3S. The molecule has 1 aromatic heterocycles. The van der Waals surface area contributed by atoms with Crippen LogP contribution in [0.3, 0.4) is 0 Å². The van der Waals surface area contributed by atoms with Crippen LogP contribution in [-0.2, 0) is 6.42 Å². The lowest BCUT2D eigenvalue weighted by molar-refractivity contribution is 0.0702. The molecule has 4 atom stereocenters. The number of hydrogen-bond acceptors (Lipinski definition) is 3. The number of aryl methyl sites for hydroxylation is 1. The van der Waals surface area contributed by atoms with E-state index in [2.05, 4.69) is 11.8 Å². The first-order chi connectivity index (χ1) is 12.5. The largest absolute Gasteiger partial charge is 0.477 e. The van der Waals surface area contributed by atoms with Crippen molar-refractivity contribution in [2.45, 2.75) is 37.2 Å². The number of alkyl halides is 1. The molecule has 1 aromatic carbocycles.